The van der Waals surface area contributed by atoms with Gasteiger partial charge in [-0.15, -0.1) is 0 Å². The van der Waals surface area contributed by atoms with Crippen LogP contribution in [0, 0.1) is 0 Å². The molecule has 1 unspecified atom stereocenters. The number of carbonyl (C=O) groups is 1. The molecule has 2 rings (SSSR count). The summed E-state index contributed by atoms with van der Waals surface area (Å²) in [6.07, 6.45) is 1.12. The van der Waals surface area contributed by atoms with Gasteiger partial charge >= 0.3 is 0 Å². The molecule has 0 fully saturated rings. The van der Waals surface area contributed by atoms with Crippen LogP contribution in [-0.2, 0) is 0 Å². The highest BCUT2D eigenvalue weighted by Crippen LogP contribution is 2.24. The highest BCUT2D eigenvalue weighted by Gasteiger charge is 2.09. The molecule has 0 saturated carbocycles. The molecular weight excluding hydrogens is 252 g/mol. The summed E-state index contributed by atoms with van der Waals surface area (Å²) in [4.78, 5) is 13.1. The second-order valence-electron chi connectivity index (χ2n) is 4.63. The average molecular weight is 270 g/mol. The van der Waals surface area contributed by atoms with E-state index < -0.39 is 0 Å². The Kier molecular flexibility index (Phi) is 4.80. The molecule has 0 spiro atoms. The molecule has 0 bridgehead atoms. The summed E-state index contributed by atoms with van der Waals surface area (Å²) in [5, 5.41) is 0.0990. The number of thioether (sulfide) groups is 1. The summed E-state index contributed by atoms with van der Waals surface area (Å²) in [7, 11) is 0. The molecule has 2 aromatic rings. The summed E-state index contributed by atoms with van der Waals surface area (Å²) < 4.78 is 0. The third kappa shape index (κ3) is 3.71. The van der Waals surface area contributed by atoms with Gasteiger partial charge in [0.05, 0.1) is 0 Å². The zero-order valence-corrected chi connectivity index (χ0v) is 12.1. The Morgan fingerprint density at radius 3 is 2.26 bits per heavy atom. The largest absolute Gasteiger partial charge is 0.281 e. The highest BCUT2D eigenvalue weighted by atomic mass is 32.2. The maximum atomic E-state index is 12.1. The average Bonchev–Trinajstić information content (AvgIpc) is 2.47. The van der Waals surface area contributed by atoms with Gasteiger partial charge in [0.15, 0.2) is 0 Å². The van der Waals surface area contributed by atoms with Crippen LogP contribution in [0.2, 0.25) is 0 Å². The molecule has 2 heteroatoms. The summed E-state index contributed by atoms with van der Waals surface area (Å²) in [5.41, 5.74) is 2.06. The van der Waals surface area contributed by atoms with Gasteiger partial charge < -0.3 is 0 Å². The van der Waals surface area contributed by atoms with E-state index in [2.05, 4.69) is 26.0 Å². The van der Waals surface area contributed by atoms with Crippen LogP contribution in [0.15, 0.2) is 59.5 Å². The van der Waals surface area contributed by atoms with E-state index in [1.165, 1.54) is 17.3 Å². The van der Waals surface area contributed by atoms with Crippen molar-refractivity contribution >= 4 is 16.9 Å². The van der Waals surface area contributed by atoms with Crippen molar-refractivity contribution in [3.63, 3.8) is 0 Å². The van der Waals surface area contributed by atoms with Crippen molar-refractivity contribution in [3.8, 4) is 0 Å². The normalized spacial score (nSPS) is 12.1. The van der Waals surface area contributed by atoms with Crippen LogP contribution >= 0.6 is 11.8 Å². The van der Waals surface area contributed by atoms with Crippen molar-refractivity contribution in [1.29, 1.82) is 0 Å². The molecule has 1 nitrogen and oxygen atoms in total. The molecule has 0 aliphatic heterocycles. The van der Waals surface area contributed by atoms with Crippen LogP contribution in [0.1, 0.15) is 42.1 Å². The van der Waals surface area contributed by atoms with E-state index in [1.807, 2.05) is 42.5 Å². The van der Waals surface area contributed by atoms with E-state index in [1.54, 1.807) is 0 Å². The molecule has 0 aliphatic rings. The Labute approximate surface area is 119 Å². The van der Waals surface area contributed by atoms with Crippen LogP contribution in [0.4, 0.5) is 0 Å². The quantitative estimate of drug-likeness (QED) is 0.716. The maximum Gasteiger partial charge on any atom is 0.224 e. The molecule has 0 N–H and O–H groups in total. The lowest BCUT2D eigenvalue weighted by molar-refractivity contribution is 0.108. The molecular formula is C17H18OS. The molecule has 0 aromatic heterocycles. The van der Waals surface area contributed by atoms with Gasteiger partial charge in [0.25, 0.3) is 0 Å². The SMILES string of the molecule is CCC(C)c1ccc(C(=O)Sc2ccccc2)cc1. The van der Waals surface area contributed by atoms with Gasteiger partial charge in [-0.1, -0.05) is 56.3 Å². The first kappa shape index (κ1) is 13.9. The highest BCUT2D eigenvalue weighted by molar-refractivity contribution is 8.14. The van der Waals surface area contributed by atoms with Gasteiger partial charge in [-0.25, -0.2) is 0 Å². The molecule has 2 aromatic carbocycles. The lowest BCUT2D eigenvalue weighted by Crippen LogP contribution is -1.96. The zero-order valence-electron chi connectivity index (χ0n) is 11.3. The Morgan fingerprint density at radius 1 is 1.05 bits per heavy atom. The monoisotopic (exact) mass is 270 g/mol. The number of benzene rings is 2. The molecule has 98 valence electrons. The van der Waals surface area contributed by atoms with E-state index in [-0.39, 0.29) is 5.12 Å². The fourth-order valence-electron chi connectivity index (χ4n) is 1.84. The Balaban J connectivity index is 2.08. The maximum absolute atomic E-state index is 12.1. The van der Waals surface area contributed by atoms with Crippen molar-refractivity contribution in [2.24, 2.45) is 0 Å². The van der Waals surface area contributed by atoms with Gasteiger partial charge in [0.1, 0.15) is 0 Å². The summed E-state index contributed by atoms with van der Waals surface area (Å²) in [6.45, 7) is 4.38. The zero-order chi connectivity index (χ0) is 13.7. The summed E-state index contributed by atoms with van der Waals surface area (Å²) in [6, 6.07) is 17.7. The van der Waals surface area contributed by atoms with Crippen LogP contribution in [0.25, 0.3) is 0 Å². The van der Waals surface area contributed by atoms with E-state index in [9.17, 15) is 4.79 Å². The number of hydrogen-bond donors (Lipinski definition) is 0. The standard InChI is InChI=1S/C17H18OS/c1-3-13(2)14-9-11-15(12-10-14)17(18)19-16-7-5-4-6-8-16/h4-13H,3H2,1-2H3. The predicted molar refractivity (Wildman–Crippen MR) is 81.8 cm³/mol. The predicted octanol–water partition coefficient (Wildman–Crippen LogP) is 5.13. The first-order chi connectivity index (χ1) is 9.20. The van der Waals surface area contributed by atoms with E-state index in [4.69, 9.17) is 0 Å². The molecule has 1 atom stereocenters. The van der Waals surface area contributed by atoms with Crippen LogP contribution < -0.4 is 0 Å². The second-order valence-corrected chi connectivity index (χ2v) is 5.68. The first-order valence-electron chi connectivity index (χ1n) is 6.58. The third-order valence-corrected chi connectivity index (χ3v) is 4.21. The number of hydrogen-bond acceptors (Lipinski definition) is 2. The molecule has 0 aliphatic carbocycles. The molecule has 0 amide bonds. The fourth-order valence-corrected chi connectivity index (χ4v) is 2.60. The smallest absolute Gasteiger partial charge is 0.224 e. The van der Waals surface area contributed by atoms with Crippen LogP contribution in [0.3, 0.4) is 0 Å². The number of carbonyl (C=O) groups excluding carboxylic acids is 1. The van der Waals surface area contributed by atoms with Gasteiger partial charge in [0, 0.05) is 10.5 Å². The minimum absolute atomic E-state index is 0.0990. The Bertz CT molecular complexity index is 531. The van der Waals surface area contributed by atoms with Gasteiger partial charge in [-0.3, -0.25) is 4.79 Å². The third-order valence-electron chi connectivity index (χ3n) is 3.28. The van der Waals surface area contributed by atoms with Gasteiger partial charge in [0.2, 0.25) is 5.12 Å². The molecule has 0 radical (unpaired) electrons. The minimum atomic E-state index is 0.0990. The summed E-state index contributed by atoms with van der Waals surface area (Å²) in [5.74, 6) is 0.547. The molecule has 19 heavy (non-hydrogen) atoms. The number of rotatable bonds is 4. The van der Waals surface area contributed by atoms with Crippen molar-refractivity contribution in [2.45, 2.75) is 31.1 Å². The summed E-state index contributed by atoms with van der Waals surface area (Å²) >= 11 is 1.28. The van der Waals surface area contributed by atoms with Crippen molar-refractivity contribution in [2.75, 3.05) is 0 Å². The van der Waals surface area contributed by atoms with Crippen LogP contribution in [0.5, 0.6) is 0 Å². The fraction of sp³-hybridized carbons (Fsp3) is 0.235. The van der Waals surface area contributed by atoms with Crippen LogP contribution in [-0.4, -0.2) is 5.12 Å². The Hall–Kier alpha value is -1.54. The van der Waals surface area contributed by atoms with E-state index in [0.717, 1.165) is 16.9 Å². The lowest BCUT2D eigenvalue weighted by atomic mass is 9.98. The van der Waals surface area contributed by atoms with E-state index >= 15 is 0 Å². The van der Waals surface area contributed by atoms with Crippen molar-refractivity contribution in [3.05, 3.63) is 65.7 Å². The first-order valence-corrected chi connectivity index (χ1v) is 7.39. The van der Waals surface area contributed by atoms with Gasteiger partial charge in [-0.2, -0.15) is 0 Å². The van der Waals surface area contributed by atoms with Crippen molar-refractivity contribution < 1.29 is 4.79 Å². The lowest BCUT2D eigenvalue weighted by Gasteiger charge is -2.09. The molecule has 0 heterocycles. The van der Waals surface area contributed by atoms with Gasteiger partial charge in [-0.05, 0) is 41.8 Å². The second kappa shape index (κ2) is 6.58. The van der Waals surface area contributed by atoms with E-state index in [0.29, 0.717) is 5.92 Å². The molecule has 0 saturated heterocycles. The van der Waals surface area contributed by atoms with Crippen molar-refractivity contribution in [1.82, 2.24) is 0 Å². The topological polar surface area (TPSA) is 17.1 Å². The Morgan fingerprint density at radius 2 is 1.68 bits per heavy atom. The minimum Gasteiger partial charge on any atom is -0.281 e.